The smallest absolute Gasteiger partial charge is 0.245 e. The Labute approximate surface area is 115 Å². The van der Waals surface area contributed by atoms with E-state index in [-0.39, 0.29) is 18.9 Å². The van der Waals surface area contributed by atoms with Crippen LogP contribution in [0.1, 0.15) is 6.42 Å². The zero-order valence-electron chi connectivity index (χ0n) is 11.0. The van der Waals surface area contributed by atoms with E-state index in [1.807, 2.05) is 0 Å². The van der Waals surface area contributed by atoms with Gasteiger partial charge in [-0.15, -0.1) is 0 Å². The second-order valence-corrected chi connectivity index (χ2v) is 6.07. The van der Waals surface area contributed by atoms with Gasteiger partial charge < -0.3 is 11.1 Å². The van der Waals surface area contributed by atoms with Crippen molar-refractivity contribution in [2.75, 3.05) is 26.4 Å². The topological polar surface area (TPSA) is 92.5 Å². The molecule has 0 heterocycles. The molecule has 0 unspecified atom stereocenters. The molecule has 112 valence electrons. The number of amides is 1. The molecule has 0 aromatic heterocycles. The first-order valence-corrected chi connectivity index (χ1v) is 7.05. The van der Waals surface area contributed by atoms with Crippen molar-refractivity contribution in [2.45, 2.75) is 11.3 Å². The highest BCUT2D eigenvalue weighted by atomic mass is 32.2. The number of anilines is 1. The minimum absolute atomic E-state index is 0.0788. The Bertz CT molecular complexity index is 620. The van der Waals surface area contributed by atoms with Crippen molar-refractivity contribution in [3.63, 3.8) is 0 Å². The highest BCUT2D eigenvalue weighted by Crippen LogP contribution is 2.23. The van der Waals surface area contributed by atoms with E-state index in [1.54, 1.807) is 0 Å². The van der Waals surface area contributed by atoms with Gasteiger partial charge in [0.05, 0.1) is 5.69 Å². The van der Waals surface area contributed by atoms with Gasteiger partial charge in [0.25, 0.3) is 0 Å². The second kappa shape index (κ2) is 6.14. The lowest BCUT2D eigenvalue weighted by atomic mass is 10.3. The average Bonchev–Trinajstić information content (AvgIpc) is 2.39. The van der Waals surface area contributed by atoms with Gasteiger partial charge in [-0.2, -0.15) is 0 Å². The predicted molar refractivity (Wildman–Crippen MR) is 69.3 cm³/mol. The summed E-state index contributed by atoms with van der Waals surface area (Å²) in [5.74, 6) is -2.62. The molecule has 1 rings (SSSR count). The average molecular weight is 307 g/mol. The summed E-state index contributed by atoms with van der Waals surface area (Å²) in [6.45, 7) is -0.140. The summed E-state index contributed by atoms with van der Waals surface area (Å²) in [4.78, 5) is 10.3. The van der Waals surface area contributed by atoms with Crippen molar-refractivity contribution in [3.8, 4) is 0 Å². The highest BCUT2D eigenvalue weighted by Gasteiger charge is 2.26. The quantitative estimate of drug-likeness (QED) is 0.765. The van der Waals surface area contributed by atoms with Crippen LogP contribution in [-0.2, 0) is 14.8 Å². The van der Waals surface area contributed by atoms with Gasteiger partial charge in [-0.25, -0.2) is 21.5 Å². The molecule has 20 heavy (non-hydrogen) atoms. The van der Waals surface area contributed by atoms with Crippen molar-refractivity contribution >= 4 is 21.6 Å². The van der Waals surface area contributed by atoms with Gasteiger partial charge in [-0.05, 0) is 6.07 Å². The molecule has 0 radical (unpaired) electrons. The largest absolute Gasteiger partial charge is 0.396 e. The first-order chi connectivity index (χ1) is 9.20. The number of nitrogens with zero attached hydrogens (tertiary/aromatic N) is 1. The van der Waals surface area contributed by atoms with E-state index in [9.17, 15) is 22.0 Å². The van der Waals surface area contributed by atoms with Crippen molar-refractivity contribution < 1.29 is 22.0 Å². The lowest BCUT2D eigenvalue weighted by molar-refractivity contribution is -0.120. The predicted octanol–water partition coefficient (Wildman–Crippen LogP) is 0.304. The zero-order chi connectivity index (χ0) is 15.5. The van der Waals surface area contributed by atoms with E-state index in [2.05, 4.69) is 5.32 Å². The molecular weight excluding hydrogens is 292 g/mol. The van der Waals surface area contributed by atoms with Crippen LogP contribution in [0, 0.1) is 11.6 Å². The first kappa shape index (κ1) is 16.3. The summed E-state index contributed by atoms with van der Waals surface area (Å²) in [6, 6.07) is 1.13. The van der Waals surface area contributed by atoms with Gasteiger partial charge in [0.2, 0.25) is 15.9 Å². The van der Waals surface area contributed by atoms with Crippen LogP contribution in [-0.4, -0.2) is 39.3 Å². The Balaban J connectivity index is 3.04. The van der Waals surface area contributed by atoms with Crippen LogP contribution in [0.25, 0.3) is 0 Å². The Hall–Kier alpha value is -1.74. The summed E-state index contributed by atoms with van der Waals surface area (Å²) < 4.78 is 51.6. The molecule has 0 fully saturated rings. The number of sulfonamides is 1. The summed E-state index contributed by atoms with van der Waals surface area (Å²) in [7, 11) is -1.58. The Morgan fingerprint density at radius 2 is 1.95 bits per heavy atom. The minimum atomic E-state index is -4.18. The number of nitrogens with one attached hydrogen (secondary N) is 1. The highest BCUT2D eigenvalue weighted by molar-refractivity contribution is 7.89. The molecule has 0 aliphatic rings. The van der Waals surface area contributed by atoms with Crippen molar-refractivity contribution in [1.29, 1.82) is 0 Å². The monoisotopic (exact) mass is 307 g/mol. The fourth-order valence-corrected chi connectivity index (χ4v) is 2.66. The molecule has 0 spiro atoms. The molecule has 0 atom stereocenters. The van der Waals surface area contributed by atoms with Crippen LogP contribution in [0.5, 0.6) is 0 Å². The number of nitrogens with two attached hydrogens (primary N) is 1. The number of rotatable bonds is 5. The second-order valence-electron chi connectivity index (χ2n) is 4.05. The van der Waals surface area contributed by atoms with Gasteiger partial charge in [-0.3, -0.25) is 4.79 Å². The molecule has 0 saturated carbocycles. The molecule has 6 nitrogen and oxygen atoms in total. The standard InChI is InChI=1S/C11H15F2N3O3S/c1-15-11(17)3-4-16(2)20(18,19)10-6-9(14)7(12)5-8(10)13/h5-6H,3-4,14H2,1-2H3,(H,15,17). The Morgan fingerprint density at radius 1 is 1.35 bits per heavy atom. The maximum Gasteiger partial charge on any atom is 0.245 e. The molecule has 1 aromatic rings. The van der Waals surface area contributed by atoms with Crippen LogP contribution in [0.3, 0.4) is 0 Å². The van der Waals surface area contributed by atoms with Gasteiger partial charge in [0.15, 0.2) is 0 Å². The maximum atomic E-state index is 13.6. The number of nitrogen functional groups attached to an aromatic ring is 1. The fourth-order valence-electron chi connectivity index (χ4n) is 1.41. The third-order valence-electron chi connectivity index (χ3n) is 2.67. The minimum Gasteiger partial charge on any atom is -0.396 e. The van der Waals surface area contributed by atoms with Crippen molar-refractivity contribution in [1.82, 2.24) is 9.62 Å². The molecule has 9 heteroatoms. The molecular formula is C11H15F2N3O3S. The molecule has 1 aromatic carbocycles. The van der Waals surface area contributed by atoms with Gasteiger partial charge in [-0.1, -0.05) is 0 Å². The molecule has 0 aliphatic heterocycles. The van der Waals surface area contributed by atoms with Crippen molar-refractivity contribution in [3.05, 3.63) is 23.8 Å². The normalized spacial score (nSPS) is 11.7. The lowest BCUT2D eigenvalue weighted by Crippen LogP contribution is -2.32. The third kappa shape index (κ3) is 3.42. The number of carbonyl (C=O) groups is 1. The molecule has 1 amide bonds. The number of carbonyl (C=O) groups excluding carboxylic acids is 1. The first-order valence-electron chi connectivity index (χ1n) is 5.61. The van der Waals surface area contributed by atoms with Gasteiger partial charge in [0, 0.05) is 33.1 Å². The summed E-state index contributed by atoms with van der Waals surface area (Å²) >= 11 is 0. The number of halogens is 2. The third-order valence-corrected chi connectivity index (χ3v) is 4.54. The van der Waals surface area contributed by atoms with Crippen LogP contribution in [0.15, 0.2) is 17.0 Å². The fraction of sp³-hybridized carbons (Fsp3) is 0.364. The van der Waals surface area contributed by atoms with E-state index in [0.717, 1.165) is 10.4 Å². The number of benzene rings is 1. The Kier molecular flexibility index (Phi) is 5.01. The van der Waals surface area contributed by atoms with E-state index < -0.39 is 32.2 Å². The van der Waals surface area contributed by atoms with E-state index >= 15 is 0 Å². The summed E-state index contributed by atoms with van der Waals surface area (Å²) in [6.07, 6.45) is -0.0788. The van der Waals surface area contributed by atoms with Gasteiger partial charge in [0.1, 0.15) is 16.5 Å². The van der Waals surface area contributed by atoms with Crippen molar-refractivity contribution in [2.24, 2.45) is 0 Å². The zero-order valence-corrected chi connectivity index (χ0v) is 11.8. The van der Waals surface area contributed by atoms with Crippen LogP contribution >= 0.6 is 0 Å². The summed E-state index contributed by atoms with van der Waals surface area (Å²) in [5, 5.41) is 2.34. The van der Waals surface area contributed by atoms with E-state index in [4.69, 9.17) is 5.73 Å². The number of hydrogen-bond donors (Lipinski definition) is 2. The van der Waals surface area contributed by atoms with Crippen LogP contribution < -0.4 is 11.1 Å². The van der Waals surface area contributed by atoms with E-state index in [0.29, 0.717) is 6.07 Å². The molecule has 0 aliphatic carbocycles. The lowest BCUT2D eigenvalue weighted by Gasteiger charge is -2.17. The van der Waals surface area contributed by atoms with Gasteiger partial charge >= 0.3 is 0 Å². The molecule has 0 bridgehead atoms. The SMILES string of the molecule is CNC(=O)CCN(C)S(=O)(=O)c1cc(N)c(F)cc1F. The number of hydrogen-bond acceptors (Lipinski definition) is 4. The maximum absolute atomic E-state index is 13.6. The molecule has 3 N–H and O–H groups in total. The van der Waals surface area contributed by atoms with Crippen LogP contribution in [0.4, 0.5) is 14.5 Å². The van der Waals surface area contributed by atoms with E-state index in [1.165, 1.54) is 14.1 Å². The Morgan fingerprint density at radius 3 is 2.50 bits per heavy atom. The molecule has 0 saturated heterocycles. The van der Waals surface area contributed by atoms with Crippen LogP contribution in [0.2, 0.25) is 0 Å². The summed E-state index contributed by atoms with van der Waals surface area (Å²) in [5.41, 5.74) is 4.77.